The number of nitrogens with zero attached hydrogens (tertiary/aromatic N) is 2. The van der Waals surface area contributed by atoms with Crippen molar-refractivity contribution in [1.82, 2.24) is 0 Å². The first-order valence-electron chi connectivity index (χ1n) is 27.0. The van der Waals surface area contributed by atoms with Crippen molar-refractivity contribution in [3.8, 4) is 33.4 Å². The van der Waals surface area contributed by atoms with Crippen LogP contribution in [0.15, 0.2) is 151 Å². The minimum atomic E-state index is -0.204. The number of benzene rings is 8. The maximum atomic E-state index is 2.76. The van der Waals surface area contributed by atoms with Crippen LogP contribution in [-0.4, -0.2) is 6.85 Å². The number of anilines is 5. The van der Waals surface area contributed by atoms with E-state index in [1.807, 2.05) is 22.7 Å². The van der Waals surface area contributed by atoms with Gasteiger partial charge in [0.15, 0.2) is 0 Å². The van der Waals surface area contributed by atoms with Gasteiger partial charge in [-0.1, -0.05) is 156 Å². The molecule has 0 saturated heterocycles. The van der Waals surface area contributed by atoms with Gasteiger partial charge in [0.25, 0.3) is 0 Å². The molecule has 0 bridgehead atoms. The van der Waals surface area contributed by atoms with Crippen LogP contribution < -0.4 is 20.6 Å². The van der Waals surface area contributed by atoms with Gasteiger partial charge in [-0.25, -0.2) is 0 Å². The van der Waals surface area contributed by atoms with Gasteiger partial charge in [-0.05, 0) is 185 Å². The predicted octanol–water partition coefficient (Wildman–Crippen LogP) is 18.9. The standard InChI is InChI=1S/C69H65BN2S2/c1-65(2,3)42-22-25-44(26-23-42)72-58-38-53-47(48-36-54-55(37-52(48)69(53,11)12)68(9,10)30-29-67(54,7)8)34-49(58)50-35-51-45-20-16-17-21-60(45)74-64(51)63-62(50)70(72)56-39-61-41(28-31-73-61)32-59(56)71(63)57-27-24-43(66(4,5)6)33-46(57)40-18-14-13-15-19-40/h13-28,31-39H,29-30H2,1-12H3. The van der Waals surface area contributed by atoms with Crippen molar-refractivity contribution in [3.63, 3.8) is 0 Å². The van der Waals surface area contributed by atoms with Gasteiger partial charge in [0.05, 0.1) is 16.1 Å². The van der Waals surface area contributed by atoms with E-state index in [-0.39, 0.29) is 33.9 Å². The fraction of sp³-hybridized carbons (Fsp3) is 0.275. The van der Waals surface area contributed by atoms with E-state index < -0.39 is 0 Å². The molecular formula is C69H65BN2S2. The summed E-state index contributed by atoms with van der Waals surface area (Å²) in [6.45, 7) is 28.8. The largest absolute Gasteiger partial charge is 0.376 e. The van der Waals surface area contributed by atoms with Crippen molar-refractivity contribution in [1.29, 1.82) is 0 Å². The van der Waals surface area contributed by atoms with Crippen molar-refractivity contribution in [2.45, 2.75) is 123 Å². The third-order valence-electron chi connectivity index (χ3n) is 18.1. The lowest BCUT2D eigenvalue weighted by atomic mass is 9.43. The fourth-order valence-corrected chi connectivity index (χ4v) is 15.7. The van der Waals surface area contributed by atoms with Gasteiger partial charge in [0, 0.05) is 53.8 Å². The van der Waals surface area contributed by atoms with Crippen LogP contribution in [0.2, 0.25) is 0 Å². The average Bonchev–Trinajstić information content (AvgIpc) is 4.16. The van der Waals surface area contributed by atoms with Crippen LogP contribution >= 0.6 is 22.7 Å². The molecule has 0 unspecified atom stereocenters. The van der Waals surface area contributed by atoms with E-state index in [4.69, 9.17) is 0 Å². The molecule has 10 aromatic rings. The Morgan fingerprint density at radius 2 is 1.16 bits per heavy atom. The van der Waals surface area contributed by atoms with Crippen LogP contribution in [0, 0.1) is 0 Å². The Kier molecular flexibility index (Phi) is 9.58. The molecule has 0 amide bonds. The van der Waals surface area contributed by atoms with Crippen molar-refractivity contribution in [2.24, 2.45) is 0 Å². The van der Waals surface area contributed by atoms with Gasteiger partial charge < -0.3 is 9.71 Å². The minimum Gasteiger partial charge on any atom is -0.376 e. The van der Waals surface area contributed by atoms with E-state index in [9.17, 15) is 0 Å². The van der Waals surface area contributed by atoms with Gasteiger partial charge in [0.1, 0.15) is 0 Å². The Hall–Kier alpha value is -6.40. The average molecular weight is 997 g/mol. The Balaban J connectivity index is 1.15. The monoisotopic (exact) mass is 996 g/mol. The summed E-state index contributed by atoms with van der Waals surface area (Å²) in [4.78, 5) is 5.47. The van der Waals surface area contributed by atoms with Crippen LogP contribution in [0.5, 0.6) is 0 Å². The molecule has 0 atom stereocenters. The second-order valence-electron chi connectivity index (χ2n) is 26.0. The molecule has 0 N–H and O–H groups in total. The summed E-state index contributed by atoms with van der Waals surface area (Å²) in [7, 11) is 0. The van der Waals surface area contributed by atoms with Crippen molar-refractivity contribution in [2.75, 3.05) is 9.71 Å². The highest BCUT2D eigenvalue weighted by Gasteiger charge is 2.49. The summed E-state index contributed by atoms with van der Waals surface area (Å²) in [6, 6.07) is 57.8. The van der Waals surface area contributed by atoms with Crippen molar-refractivity contribution in [3.05, 3.63) is 184 Å². The summed E-state index contributed by atoms with van der Waals surface area (Å²) in [5.41, 5.74) is 25.5. The smallest absolute Gasteiger partial charge is 0.333 e. The zero-order chi connectivity index (χ0) is 51.2. The van der Waals surface area contributed by atoms with Crippen LogP contribution in [0.25, 0.3) is 63.6 Å². The van der Waals surface area contributed by atoms with Crippen LogP contribution in [0.4, 0.5) is 28.4 Å². The van der Waals surface area contributed by atoms with Crippen LogP contribution in [0.3, 0.4) is 0 Å². The molecule has 2 aromatic heterocycles. The number of hydrogen-bond donors (Lipinski definition) is 0. The third kappa shape index (κ3) is 6.54. The minimum absolute atomic E-state index is 0.0194. The van der Waals surface area contributed by atoms with Gasteiger partial charge >= 0.3 is 6.85 Å². The molecule has 4 aliphatic rings. The fourth-order valence-electron chi connectivity index (χ4n) is 13.6. The van der Waals surface area contributed by atoms with E-state index in [0.717, 1.165) is 0 Å². The molecule has 5 heteroatoms. The normalized spacial score (nSPS) is 16.8. The van der Waals surface area contributed by atoms with E-state index in [2.05, 4.69) is 244 Å². The zero-order valence-corrected chi connectivity index (χ0v) is 46.8. The Bertz CT molecular complexity index is 4020. The number of fused-ring (bicyclic) bond motifs is 13. The molecule has 74 heavy (non-hydrogen) atoms. The second kappa shape index (κ2) is 15.4. The van der Waals surface area contributed by atoms with Gasteiger partial charge in [-0.3, -0.25) is 0 Å². The Morgan fingerprint density at radius 1 is 0.500 bits per heavy atom. The second-order valence-corrected chi connectivity index (χ2v) is 28.0. The van der Waals surface area contributed by atoms with Crippen LogP contribution in [0.1, 0.15) is 129 Å². The van der Waals surface area contributed by atoms with E-state index >= 15 is 0 Å². The maximum Gasteiger partial charge on any atom is 0.333 e. The molecule has 8 aromatic carbocycles. The number of hydrogen-bond acceptors (Lipinski definition) is 4. The van der Waals surface area contributed by atoms with Crippen molar-refractivity contribution >= 4 is 99.1 Å². The molecule has 14 rings (SSSR count). The molecule has 0 spiro atoms. The first-order valence-corrected chi connectivity index (χ1v) is 28.7. The summed E-state index contributed by atoms with van der Waals surface area (Å²) >= 11 is 3.81. The maximum absolute atomic E-state index is 2.76. The third-order valence-corrected chi connectivity index (χ3v) is 20.2. The van der Waals surface area contributed by atoms with E-state index in [1.165, 1.54) is 149 Å². The number of thiophene rings is 2. The molecule has 2 aliphatic heterocycles. The molecule has 0 radical (unpaired) electrons. The van der Waals surface area contributed by atoms with E-state index in [0.29, 0.717) is 0 Å². The summed E-state index contributed by atoms with van der Waals surface area (Å²) in [5, 5.41) is 6.20. The van der Waals surface area contributed by atoms with E-state index in [1.54, 1.807) is 0 Å². The molecule has 0 fully saturated rings. The Labute approximate surface area is 446 Å². The highest BCUT2D eigenvalue weighted by molar-refractivity contribution is 7.26. The first kappa shape index (κ1) is 46.2. The lowest BCUT2D eigenvalue weighted by Crippen LogP contribution is -2.61. The molecule has 366 valence electrons. The topological polar surface area (TPSA) is 6.48 Å². The summed E-state index contributed by atoms with van der Waals surface area (Å²) in [6.07, 6.45) is 2.39. The molecule has 0 saturated carbocycles. The first-order chi connectivity index (χ1) is 35.2. The zero-order valence-electron chi connectivity index (χ0n) is 45.1. The molecule has 2 nitrogen and oxygen atoms in total. The molecule has 4 heterocycles. The predicted molar refractivity (Wildman–Crippen MR) is 324 cm³/mol. The SMILES string of the molecule is CC(C)(C)c1ccc(N2B3c4cc5sccc5cc4N(c4ccc(C(C)(C)C)cc4-c4ccccc4)c4c3c(cc3c4sc4ccccc43)-c3cc4c(cc32)C(C)(C)c2cc3c(cc2-4)C(C)(C)CCC3(C)C)cc1. The van der Waals surface area contributed by atoms with Gasteiger partial charge in [-0.2, -0.15) is 0 Å². The Morgan fingerprint density at radius 3 is 1.89 bits per heavy atom. The molecular weight excluding hydrogens is 932 g/mol. The molecule has 2 aliphatic carbocycles. The number of rotatable bonds is 3. The summed E-state index contributed by atoms with van der Waals surface area (Å²) < 4.78 is 3.97. The lowest BCUT2D eigenvalue weighted by Gasteiger charge is -2.46. The summed E-state index contributed by atoms with van der Waals surface area (Å²) in [5.74, 6) is 0. The van der Waals surface area contributed by atoms with Gasteiger partial charge in [-0.15, -0.1) is 22.7 Å². The lowest BCUT2D eigenvalue weighted by molar-refractivity contribution is 0.331. The highest BCUT2D eigenvalue weighted by atomic mass is 32.1. The van der Waals surface area contributed by atoms with Gasteiger partial charge in [0.2, 0.25) is 0 Å². The quantitative estimate of drug-likeness (QED) is 0.163. The van der Waals surface area contributed by atoms with Crippen LogP contribution in [-0.2, 0) is 27.1 Å². The highest BCUT2D eigenvalue weighted by Crippen LogP contribution is 2.59. The van der Waals surface area contributed by atoms with Crippen molar-refractivity contribution < 1.29 is 0 Å².